The fourth-order valence-corrected chi connectivity index (χ4v) is 1.86. The molecular weight excluding hydrogens is 265 g/mol. The van der Waals surface area contributed by atoms with E-state index in [1.165, 1.54) is 12.1 Å². The third-order valence-corrected chi connectivity index (χ3v) is 2.77. The molecule has 0 radical (unpaired) electrons. The normalized spacial score (nSPS) is 10.3. The molecule has 6 heteroatoms. The zero-order valence-corrected chi connectivity index (χ0v) is 10.7. The fraction of sp³-hybridized carbons (Fsp3) is 0.143. The standard InChI is InChI=1S/C14H12FNO4/c1-9-6-11(17)7-12(15)14(9)20-8-10-4-2-3-5-13(10)16(18)19/h2-7,17H,8H2,1H3. The van der Waals surface area contributed by atoms with Crippen LogP contribution in [0.15, 0.2) is 36.4 Å². The molecule has 0 heterocycles. The van der Waals surface area contributed by atoms with Gasteiger partial charge in [-0.3, -0.25) is 10.1 Å². The molecule has 0 fully saturated rings. The van der Waals surface area contributed by atoms with Gasteiger partial charge >= 0.3 is 0 Å². The number of aromatic hydroxyl groups is 1. The summed E-state index contributed by atoms with van der Waals surface area (Å²) < 4.78 is 19.0. The van der Waals surface area contributed by atoms with Gasteiger partial charge in [0.2, 0.25) is 0 Å². The molecule has 0 spiro atoms. The summed E-state index contributed by atoms with van der Waals surface area (Å²) in [5.74, 6) is -0.930. The first-order valence-electron chi connectivity index (χ1n) is 5.83. The van der Waals surface area contributed by atoms with Crippen molar-refractivity contribution in [1.82, 2.24) is 0 Å². The van der Waals surface area contributed by atoms with Crippen molar-refractivity contribution in [3.8, 4) is 11.5 Å². The van der Waals surface area contributed by atoms with Crippen LogP contribution in [0.1, 0.15) is 11.1 Å². The Bertz CT molecular complexity index is 634. The number of hydrogen-bond acceptors (Lipinski definition) is 4. The summed E-state index contributed by atoms with van der Waals surface area (Å²) in [4.78, 5) is 10.3. The molecule has 2 aromatic carbocycles. The van der Waals surface area contributed by atoms with Gasteiger partial charge < -0.3 is 9.84 Å². The summed E-state index contributed by atoms with van der Waals surface area (Å²) in [5, 5.41) is 20.1. The number of phenolic OH excluding ortho intramolecular Hbond substituents is 1. The molecule has 0 amide bonds. The van der Waals surface area contributed by atoms with Crippen LogP contribution >= 0.6 is 0 Å². The molecular formula is C14H12FNO4. The summed E-state index contributed by atoms with van der Waals surface area (Å²) in [6, 6.07) is 8.39. The molecule has 0 unspecified atom stereocenters. The lowest BCUT2D eigenvalue weighted by Gasteiger charge is -2.10. The van der Waals surface area contributed by atoms with E-state index < -0.39 is 10.7 Å². The van der Waals surface area contributed by atoms with Gasteiger partial charge in [-0.1, -0.05) is 12.1 Å². The second kappa shape index (κ2) is 5.56. The van der Waals surface area contributed by atoms with Crippen LogP contribution in [0, 0.1) is 22.9 Å². The van der Waals surface area contributed by atoms with Crippen molar-refractivity contribution < 1.29 is 19.2 Å². The average molecular weight is 277 g/mol. The molecule has 0 aliphatic carbocycles. The molecule has 104 valence electrons. The summed E-state index contributed by atoms with van der Waals surface area (Å²) in [7, 11) is 0. The molecule has 0 aromatic heterocycles. The maximum absolute atomic E-state index is 13.7. The maximum Gasteiger partial charge on any atom is 0.276 e. The Morgan fingerprint density at radius 2 is 2.05 bits per heavy atom. The Kier molecular flexibility index (Phi) is 3.84. The number of nitro benzene ring substituents is 1. The monoisotopic (exact) mass is 277 g/mol. The van der Waals surface area contributed by atoms with Crippen LogP contribution in [0.25, 0.3) is 0 Å². The van der Waals surface area contributed by atoms with E-state index in [4.69, 9.17) is 4.74 Å². The van der Waals surface area contributed by atoms with E-state index in [-0.39, 0.29) is 23.8 Å². The van der Waals surface area contributed by atoms with Crippen molar-refractivity contribution in [2.75, 3.05) is 0 Å². The van der Waals surface area contributed by atoms with Crippen LogP contribution in [-0.2, 0) is 6.61 Å². The first kappa shape index (κ1) is 13.8. The first-order chi connectivity index (χ1) is 9.49. The van der Waals surface area contributed by atoms with E-state index in [1.54, 1.807) is 25.1 Å². The zero-order valence-electron chi connectivity index (χ0n) is 10.7. The second-order valence-corrected chi connectivity index (χ2v) is 4.25. The molecule has 0 aliphatic rings. The number of phenols is 1. The van der Waals surface area contributed by atoms with Gasteiger partial charge in [-0.15, -0.1) is 0 Å². The van der Waals surface area contributed by atoms with E-state index in [1.807, 2.05) is 0 Å². The Balaban J connectivity index is 2.24. The molecule has 2 rings (SSSR count). The van der Waals surface area contributed by atoms with Gasteiger partial charge in [-0.05, 0) is 24.6 Å². The Morgan fingerprint density at radius 3 is 2.70 bits per heavy atom. The average Bonchev–Trinajstić information content (AvgIpc) is 2.37. The molecule has 0 saturated carbocycles. The lowest BCUT2D eigenvalue weighted by Crippen LogP contribution is -2.02. The molecule has 5 nitrogen and oxygen atoms in total. The number of para-hydroxylation sites is 1. The van der Waals surface area contributed by atoms with Gasteiger partial charge in [-0.2, -0.15) is 0 Å². The lowest BCUT2D eigenvalue weighted by atomic mass is 10.2. The second-order valence-electron chi connectivity index (χ2n) is 4.25. The van der Waals surface area contributed by atoms with E-state index in [2.05, 4.69) is 0 Å². The number of aryl methyl sites for hydroxylation is 1. The number of nitrogens with zero attached hydrogens (tertiary/aromatic N) is 1. The number of ether oxygens (including phenoxy) is 1. The predicted octanol–water partition coefficient (Wildman–Crippen LogP) is 3.33. The van der Waals surface area contributed by atoms with Gasteiger partial charge in [-0.25, -0.2) is 4.39 Å². The van der Waals surface area contributed by atoms with Crippen LogP contribution in [0.3, 0.4) is 0 Å². The van der Waals surface area contributed by atoms with Crippen molar-refractivity contribution in [1.29, 1.82) is 0 Å². The fourth-order valence-electron chi connectivity index (χ4n) is 1.86. The van der Waals surface area contributed by atoms with Crippen molar-refractivity contribution in [2.45, 2.75) is 13.5 Å². The van der Waals surface area contributed by atoms with Gasteiger partial charge in [0.25, 0.3) is 5.69 Å². The SMILES string of the molecule is Cc1cc(O)cc(F)c1OCc1ccccc1[N+](=O)[O-]. The number of rotatable bonds is 4. The Hall–Kier alpha value is -2.63. The summed E-state index contributed by atoms with van der Waals surface area (Å²) in [5.41, 5.74) is 0.690. The van der Waals surface area contributed by atoms with Crippen molar-refractivity contribution in [2.24, 2.45) is 0 Å². The minimum atomic E-state index is -0.707. The minimum absolute atomic E-state index is 0.0269. The van der Waals surface area contributed by atoms with Crippen molar-refractivity contribution in [3.05, 3.63) is 63.5 Å². The Morgan fingerprint density at radius 1 is 1.35 bits per heavy atom. The number of benzene rings is 2. The highest BCUT2D eigenvalue weighted by Crippen LogP contribution is 2.28. The van der Waals surface area contributed by atoms with E-state index >= 15 is 0 Å². The van der Waals surface area contributed by atoms with Gasteiger partial charge in [0.1, 0.15) is 12.4 Å². The highest BCUT2D eigenvalue weighted by atomic mass is 19.1. The quantitative estimate of drug-likeness (QED) is 0.687. The highest BCUT2D eigenvalue weighted by Gasteiger charge is 2.15. The predicted molar refractivity (Wildman–Crippen MR) is 70.2 cm³/mol. The van der Waals surface area contributed by atoms with E-state index in [0.29, 0.717) is 11.1 Å². The Labute approximate surface area is 114 Å². The van der Waals surface area contributed by atoms with E-state index in [9.17, 15) is 19.6 Å². The molecule has 0 bridgehead atoms. The van der Waals surface area contributed by atoms with Gasteiger partial charge in [0.05, 0.1) is 10.5 Å². The summed E-state index contributed by atoms with van der Waals surface area (Å²) in [6.45, 7) is 1.46. The largest absolute Gasteiger partial charge is 0.508 e. The molecule has 1 N–H and O–H groups in total. The maximum atomic E-state index is 13.7. The molecule has 0 aliphatic heterocycles. The molecule has 0 saturated heterocycles. The third kappa shape index (κ3) is 2.85. The summed E-state index contributed by atoms with van der Waals surface area (Å²) >= 11 is 0. The highest BCUT2D eigenvalue weighted by molar-refractivity contribution is 5.42. The molecule has 0 atom stereocenters. The zero-order chi connectivity index (χ0) is 14.7. The molecule has 20 heavy (non-hydrogen) atoms. The van der Waals surface area contributed by atoms with Crippen LogP contribution in [-0.4, -0.2) is 10.0 Å². The summed E-state index contributed by atoms with van der Waals surface area (Å²) in [6.07, 6.45) is 0. The number of halogens is 1. The lowest BCUT2D eigenvalue weighted by molar-refractivity contribution is -0.385. The topological polar surface area (TPSA) is 72.6 Å². The minimum Gasteiger partial charge on any atom is -0.508 e. The van der Waals surface area contributed by atoms with E-state index in [0.717, 1.165) is 6.07 Å². The van der Waals surface area contributed by atoms with Crippen molar-refractivity contribution >= 4 is 5.69 Å². The van der Waals surface area contributed by atoms with Gasteiger partial charge in [0, 0.05) is 12.1 Å². The number of nitro groups is 1. The number of hydrogen-bond donors (Lipinski definition) is 1. The van der Waals surface area contributed by atoms with Crippen molar-refractivity contribution in [3.63, 3.8) is 0 Å². The third-order valence-electron chi connectivity index (χ3n) is 2.77. The van der Waals surface area contributed by atoms with Gasteiger partial charge in [0.15, 0.2) is 11.6 Å². The first-order valence-corrected chi connectivity index (χ1v) is 5.83. The molecule has 2 aromatic rings. The van der Waals surface area contributed by atoms with Crippen LogP contribution in [0.2, 0.25) is 0 Å². The van der Waals surface area contributed by atoms with Crippen LogP contribution in [0.5, 0.6) is 11.5 Å². The van der Waals surface area contributed by atoms with Crippen LogP contribution in [0.4, 0.5) is 10.1 Å². The van der Waals surface area contributed by atoms with Crippen LogP contribution < -0.4 is 4.74 Å². The smallest absolute Gasteiger partial charge is 0.276 e.